The minimum absolute atomic E-state index is 0.0139. The van der Waals surface area contributed by atoms with Crippen LogP contribution in [0, 0.1) is 0 Å². The highest BCUT2D eigenvalue weighted by Gasteiger charge is 2.24. The summed E-state index contributed by atoms with van der Waals surface area (Å²) in [5.41, 5.74) is 0.203. The minimum Gasteiger partial charge on any atom is -0.490 e. The minimum atomic E-state index is -0.976. The van der Waals surface area contributed by atoms with Gasteiger partial charge in [0.25, 0.3) is 0 Å². The van der Waals surface area contributed by atoms with Gasteiger partial charge in [0.1, 0.15) is 11.9 Å². The van der Waals surface area contributed by atoms with E-state index in [1.54, 1.807) is 17.0 Å². The van der Waals surface area contributed by atoms with Gasteiger partial charge in [0.05, 0.1) is 12.7 Å². The van der Waals surface area contributed by atoms with Crippen LogP contribution in [0.25, 0.3) is 0 Å². The van der Waals surface area contributed by atoms with Crippen LogP contribution in [0.4, 0.5) is 4.79 Å². The molecule has 1 heterocycles. The number of aromatic carboxylic acids is 1. The number of carboxylic acid groups (broad SMARTS) is 1. The number of amides is 1. The number of ether oxygens (including phenoxy) is 2. The number of rotatable bonds is 3. The van der Waals surface area contributed by atoms with Gasteiger partial charge in [-0.1, -0.05) is 6.07 Å². The van der Waals surface area contributed by atoms with Gasteiger partial charge >= 0.3 is 12.1 Å². The number of nitrogens with zero attached hydrogens (tertiary/aromatic N) is 1. The van der Waals surface area contributed by atoms with Crippen molar-refractivity contribution >= 4 is 12.1 Å². The molecule has 1 aromatic rings. The highest BCUT2D eigenvalue weighted by Crippen LogP contribution is 2.20. The molecule has 20 heavy (non-hydrogen) atoms. The molecule has 0 bridgehead atoms. The number of hydrogen-bond donors (Lipinski definition) is 1. The highest BCUT2D eigenvalue weighted by molar-refractivity contribution is 5.88. The van der Waals surface area contributed by atoms with E-state index in [-0.39, 0.29) is 17.8 Å². The topological polar surface area (TPSA) is 76.1 Å². The van der Waals surface area contributed by atoms with Crippen LogP contribution in [0.3, 0.4) is 0 Å². The molecule has 2 rings (SSSR count). The Bertz CT molecular complexity index is 494. The van der Waals surface area contributed by atoms with Gasteiger partial charge < -0.3 is 19.5 Å². The first-order valence-corrected chi connectivity index (χ1v) is 6.43. The van der Waals surface area contributed by atoms with E-state index >= 15 is 0 Å². The molecule has 1 saturated heterocycles. The van der Waals surface area contributed by atoms with E-state index in [0.717, 1.165) is 0 Å². The summed E-state index contributed by atoms with van der Waals surface area (Å²) in [6.45, 7) is 1.16. The Hall–Kier alpha value is -2.24. The lowest BCUT2D eigenvalue weighted by Gasteiger charge is -2.31. The summed E-state index contributed by atoms with van der Waals surface area (Å²) < 4.78 is 10.4. The van der Waals surface area contributed by atoms with Crippen LogP contribution >= 0.6 is 0 Å². The highest BCUT2D eigenvalue weighted by atomic mass is 16.5. The maximum Gasteiger partial charge on any atom is 0.409 e. The normalized spacial score (nSPS) is 15.8. The molecule has 0 atom stereocenters. The van der Waals surface area contributed by atoms with Gasteiger partial charge in [-0.2, -0.15) is 0 Å². The molecule has 0 radical (unpaired) electrons. The Morgan fingerprint density at radius 2 is 2.00 bits per heavy atom. The molecule has 108 valence electrons. The molecule has 0 saturated carbocycles. The van der Waals surface area contributed by atoms with Gasteiger partial charge in [-0.05, 0) is 18.2 Å². The Balaban J connectivity index is 1.91. The zero-order chi connectivity index (χ0) is 14.5. The van der Waals surface area contributed by atoms with Crippen molar-refractivity contribution in [1.29, 1.82) is 0 Å². The number of carboxylic acids is 1. The second-order valence-corrected chi connectivity index (χ2v) is 4.61. The molecule has 6 heteroatoms. The standard InChI is InChI=1S/C14H17NO5/c1-19-14(18)15-7-5-11(6-8-15)20-12-4-2-3-10(9-12)13(16)17/h2-4,9,11H,5-8H2,1H3,(H,16,17). The molecule has 1 N–H and O–H groups in total. The Morgan fingerprint density at radius 3 is 2.60 bits per heavy atom. The second kappa shape index (κ2) is 6.27. The fourth-order valence-corrected chi connectivity index (χ4v) is 2.18. The molecule has 1 aromatic carbocycles. The van der Waals surface area contributed by atoms with Crippen LogP contribution in [0.5, 0.6) is 5.75 Å². The van der Waals surface area contributed by atoms with E-state index in [1.165, 1.54) is 19.2 Å². The zero-order valence-electron chi connectivity index (χ0n) is 11.2. The molecule has 1 fully saturated rings. The van der Waals surface area contributed by atoms with Crippen molar-refractivity contribution in [3.63, 3.8) is 0 Å². The van der Waals surface area contributed by atoms with Crippen LogP contribution in [0.1, 0.15) is 23.2 Å². The molecule has 1 aliphatic heterocycles. The summed E-state index contributed by atoms with van der Waals surface area (Å²) in [7, 11) is 1.36. The molecule has 6 nitrogen and oxygen atoms in total. The summed E-state index contributed by atoms with van der Waals surface area (Å²) in [4.78, 5) is 23.9. The summed E-state index contributed by atoms with van der Waals surface area (Å²) in [5, 5.41) is 8.92. The van der Waals surface area contributed by atoms with Crippen molar-refractivity contribution in [2.75, 3.05) is 20.2 Å². The lowest BCUT2D eigenvalue weighted by molar-refractivity contribution is 0.0690. The quantitative estimate of drug-likeness (QED) is 0.915. The maximum absolute atomic E-state index is 11.3. The number of hydrogen-bond acceptors (Lipinski definition) is 4. The van der Waals surface area contributed by atoms with Crippen LogP contribution in [-0.2, 0) is 4.74 Å². The Kier molecular flexibility index (Phi) is 4.45. The SMILES string of the molecule is COC(=O)N1CCC(Oc2cccc(C(=O)O)c2)CC1. The van der Waals surface area contributed by atoms with Crippen molar-refractivity contribution in [2.24, 2.45) is 0 Å². The molecule has 1 aliphatic rings. The van der Waals surface area contributed by atoms with E-state index in [1.807, 2.05) is 0 Å². The second-order valence-electron chi connectivity index (χ2n) is 4.61. The van der Waals surface area contributed by atoms with E-state index in [2.05, 4.69) is 4.74 Å². The third-order valence-corrected chi connectivity index (χ3v) is 3.26. The van der Waals surface area contributed by atoms with Gasteiger partial charge in [-0.25, -0.2) is 9.59 Å². The van der Waals surface area contributed by atoms with Crippen LogP contribution in [-0.4, -0.2) is 48.4 Å². The first-order valence-electron chi connectivity index (χ1n) is 6.43. The molecule has 0 unspecified atom stereocenters. The summed E-state index contributed by atoms with van der Waals surface area (Å²) in [6, 6.07) is 6.42. The molecular weight excluding hydrogens is 262 g/mol. The average molecular weight is 279 g/mol. The van der Waals surface area contributed by atoms with Crippen molar-refractivity contribution < 1.29 is 24.2 Å². The Morgan fingerprint density at radius 1 is 1.30 bits per heavy atom. The molecule has 1 amide bonds. The first-order chi connectivity index (χ1) is 9.60. The van der Waals surface area contributed by atoms with Crippen molar-refractivity contribution in [2.45, 2.75) is 18.9 Å². The predicted octanol–water partition coefficient (Wildman–Crippen LogP) is 1.99. The largest absolute Gasteiger partial charge is 0.490 e. The third-order valence-electron chi connectivity index (χ3n) is 3.26. The van der Waals surface area contributed by atoms with Crippen molar-refractivity contribution in [3.05, 3.63) is 29.8 Å². The zero-order valence-corrected chi connectivity index (χ0v) is 11.2. The average Bonchev–Trinajstić information content (AvgIpc) is 2.47. The van der Waals surface area contributed by atoms with Gasteiger partial charge in [-0.3, -0.25) is 0 Å². The number of piperidine rings is 1. The van der Waals surface area contributed by atoms with Crippen molar-refractivity contribution in [1.82, 2.24) is 4.90 Å². The van der Waals surface area contributed by atoms with E-state index in [0.29, 0.717) is 31.7 Å². The van der Waals surface area contributed by atoms with Crippen molar-refractivity contribution in [3.8, 4) is 5.75 Å². The van der Waals surface area contributed by atoms with E-state index in [4.69, 9.17) is 9.84 Å². The van der Waals surface area contributed by atoms with Crippen LogP contribution in [0.2, 0.25) is 0 Å². The van der Waals surface area contributed by atoms with Gasteiger partial charge in [0.15, 0.2) is 0 Å². The maximum atomic E-state index is 11.3. The Labute approximate surface area is 116 Å². The van der Waals surface area contributed by atoms with Gasteiger partial charge in [-0.15, -0.1) is 0 Å². The smallest absolute Gasteiger partial charge is 0.409 e. The summed E-state index contributed by atoms with van der Waals surface area (Å²) in [5.74, 6) is -0.433. The summed E-state index contributed by atoms with van der Waals surface area (Å²) >= 11 is 0. The number of carbonyl (C=O) groups excluding carboxylic acids is 1. The monoisotopic (exact) mass is 279 g/mol. The number of likely N-dealkylation sites (tertiary alicyclic amines) is 1. The fourth-order valence-electron chi connectivity index (χ4n) is 2.18. The molecule has 0 aromatic heterocycles. The van der Waals surface area contributed by atoms with Gasteiger partial charge in [0.2, 0.25) is 0 Å². The summed E-state index contributed by atoms with van der Waals surface area (Å²) in [6.07, 6.45) is 1.06. The van der Waals surface area contributed by atoms with Crippen LogP contribution < -0.4 is 4.74 Å². The van der Waals surface area contributed by atoms with Crippen LogP contribution in [0.15, 0.2) is 24.3 Å². The lowest BCUT2D eigenvalue weighted by atomic mass is 10.1. The molecule has 0 spiro atoms. The third kappa shape index (κ3) is 3.40. The number of benzene rings is 1. The number of carbonyl (C=O) groups is 2. The lowest BCUT2D eigenvalue weighted by Crippen LogP contribution is -2.41. The fraction of sp³-hybridized carbons (Fsp3) is 0.429. The predicted molar refractivity (Wildman–Crippen MR) is 71.0 cm³/mol. The van der Waals surface area contributed by atoms with E-state index < -0.39 is 5.97 Å². The van der Waals surface area contributed by atoms with Gasteiger partial charge in [0, 0.05) is 25.9 Å². The van der Waals surface area contributed by atoms with E-state index in [9.17, 15) is 9.59 Å². The molecular formula is C14H17NO5. The number of methoxy groups -OCH3 is 1. The molecule has 0 aliphatic carbocycles. The first kappa shape index (κ1) is 14.2.